The van der Waals surface area contributed by atoms with Crippen LogP contribution in [0.15, 0.2) is 18.2 Å². The fourth-order valence-corrected chi connectivity index (χ4v) is 1.04. The lowest BCUT2D eigenvalue weighted by atomic mass is 10.1. The van der Waals surface area contributed by atoms with E-state index in [0.29, 0.717) is 10.6 Å². The standard InChI is InChI=1S/C8H6ClN.CH4/c1-6-3-2-4-8(9)7(6)5-10;/h2-4H,1H3;1H4. The van der Waals surface area contributed by atoms with Crippen molar-refractivity contribution in [2.45, 2.75) is 14.4 Å². The number of aryl methyl sites for hydroxylation is 1. The zero-order valence-corrected chi connectivity index (χ0v) is 6.31. The predicted octanol–water partition coefficient (Wildman–Crippen LogP) is 3.16. The number of hydrogen-bond acceptors (Lipinski definition) is 1. The molecular weight excluding hydrogens is 158 g/mol. The summed E-state index contributed by atoms with van der Waals surface area (Å²) in [7, 11) is 0. The van der Waals surface area contributed by atoms with Gasteiger partial charge in [0.2, 0.25) is 0 Å². The molecule has 0 radical (unpaired) electrons. The molecule has 0 amide bonds. The molecule has 0 aliphatic heterocycles. The zero-order valence-electron chi connectivity index (χ0n) is 5.56. The molecule has 2 heteroatoms. The van der Waals surface area contributed by atoms with Crippen molar-refractivity contribution in [1.82, 2.24) is 0 Å². The highest BCUT2D eigenvalue weighted by atomic mass is 35.5. The van der Waals surface area contributed by atoms with Crippen LogP contribution in [0.3, 0.4) is 0 Å². The van der Waals surface area contributed by atoms with Crippen molar-refractivity contribution >= 4 is 11.6 Å². The zero-order chi connectivity index (χ0) is 7.56. The van der Waals surface area contributed by atoms with Gasteiger partial charge in [-0.3, -0.25) is 0 Å². The van der Waals surface area contributed by atoms with Gasteiger partial charge in [-0.2, -0.15) is 5.26 Å². The van der Waals surface area contributed by atoms with Crippen molar-refractivity contribution in [3.8, 4) is 6.07 Å². The van der Waals surface area contributed by atoms with Gasteiger partial charge in [0.15, 0.2) is 0 Å². The molecule has 0 N–H and O–H groups in total. The summed E-state index contributed by atoms with van der Waals surface area (Å²) >= 11 is 5.71. The van der Waals surface area contributed by atoms with E-state index >= 15 is 0 Å². The minimum absolute atomic E-state index is 0. The van der Waals surface area contributed by atoms with E-state index in [1.54, 1.807) is 6.07 Å². The fraction of sp³-hybridized carbons (Fsp3) is 0.222. The molecule has 0 atom stereocenters. The quantitative estimate of drug-likeness (QED) is 0.583. The van der Waals surface area contributed by atoms with Crippen LogP contribution in [0.25, 0.3) is 0 Å². The first kappa shape index (κ1) is 10.0. The number of halogens is 1. The highest BCUT2D eigenvalue weighted by Crippen LogP contribution is 2.17. The number of nitrogens with zero attached hydrogens (tertiary/aromatic N) is 1. The first-order valence-electron chi connectivity index (χ1n) is 2.91. The van der Waals surface area contributed by atoms with Gasteiger partial charge in [-0.1, -0.05) is 31.2 Å². The van der Waals surface area contributed by atoms with Crippen molar-refractivity contribution < 1.29 is 0 Å². The third-order valence-electron chi connectivity index (χ3n) is 1.33. The van der Waals surface area contributed by atoms with Crippen LogP contribution in [-0.2, 0) is 0 Å². The van der Waals surface area contributed by atoms with Gasteiger partial charge in [0, 0.05) is 0 Å². The van der Waals surface area contributed by atoms with Gasteiger partial charge in [0.05, 0.1) is 10.6 Å². The van der Waals surface area contributed by atoms with Crippen LogP contribution in [0, 0.1) is 18.3 Å². The molecule has 0 aliphatic carbocycles. The van der Waals surface area contributed by atoms with Crippen LogP contribution in [0.2, 0.25) is 5.02 Å². The number of benzene rings is 1. The average Bonchev–Trinajstić information content (AvgIpc) is 1.88. The molecule has 1 nitrogen and oxygen atoms in total. The Hall–Kier alpha value is -1.00. The molecule has 0 spiro atoms. The van der Waals surface area contributed by atoms with E-state index in [1.165, 1.54) is 0 Å². The Bertz CT molecular complexity index is 266. The average molecular weight is 168 g/mol. The molecule has 0 heterocycles. The van der Waals surface area contributed by atoms with Gasteiger partial charge >= 0.3 is 0 Å². The summed E-state index contributed by atoms with van der Waals surface area (Å²) in [5.41, 5.74) is 1.50. The van der Waals surface area contributed by atoms with Crippen LogP contribution in [0.4, 0.5) is 0 Å². The van der Waals surface area contributed by atoms with Crippen LogP contribution in [-0.4, -0.2) is 0 Å². The SMILES string of the molecule is C.Cc1cccc(Cl)c1C#N. The van der Waals surface area contributed by atoms with E-state index in [0.717, 1.165) is 5.56 Å². The van der Waals surface area contributed by atoms with E-state index in [1.807, 2.05) is 25.1 Å². The lowest BCUT2D eigenvalue weighted by Crippen LogP contribution is -1.81. The second kappa shape index (κ2) is 4.00. The molecule has 58 valence electrons. The summed E-state index contributed by atoms with van der Waals surface area (Å²) in [5, 5.41) is 9.09. The smallest absolute Gasteiger partial charge is 0.101 e. The fourth-order valence-electron chi connectivity index (χ4n) is 0.774. The van der Waals surface area contributed by atoms with Crippen molar-refractivity contribution in [2.75, 3.05) is 0 Å². The van der Waals surface area contributed by atoms with Crippen LogP contribution in [0.5, 0.6) is 0 Å². The Morgan fingerprint density at radius 2 is 2.09 bits per heavy atom. The molecule has 1 aromatic rings. The molecule has 0 bridgehead atoms. The molecular formula is C9H10ClN. The molecule has 0 saturated heterocycles. The normalized spacial score (nSPS) is 8.09. The highest BCUT2D eigenvalue weighted by molar-refractivity contribution is 6.31. The van der Waals surface area contributed by atoms with Crippen molar-refractivity contribution in [3.05, 3.63) is 34.3 Å². The van der Waals surface area contributed by atoms with Gasteiger partial charge in [-0.25, -0.2) is 0 Å². The molecule has 0 aliphatic rings. The minimum atomic E-state index is 0. The summed E-state index contributed by atoms with van der Waals surface area (Å²) in [4.78, 5) is 0. The lowest BCUT2D eigenvalue weighted by Gasteiger charge is -1.96. The maximum atomic E-state index is 8.56. The van der Waals surface area contributed by atoms with Crippen molar-refractivity contribution in [2.24, 2.45) is 0 Å². The second-order valence-corrected chi connectivity index (χ2v) is 2.45. The topological polar surface area (TPSA) is 23.8 Å². The molecule has 0 saturated carbocycles. The first-order chi connectivity index (χ1) is 4.75. The van der Waals surface area contributed by atoms with Gasteiger partial charge < -0.3 is 0 Å². The van der Waals surface area contributed by atoms with Crippen molar-refractivity contribution in [3.63, 3.8) is 0 Å². The van der Waals surface area contributed by atoms with E-state index in [9.17, 15) is 0 Å². The Morgan fingerprint density at radius 3 is 2.45 bits per heavy atom. The van der Waals surface area contributed by atoms with Gasteiger partial charge in [0.25, 0.3) is 0 Å². The maximum absolute atomic E-state index is 8.56. The summed E-state index contributed by atoms with van der Waals surface area (Å²) in [6.07, 6.45) is 0. The molecule has 11 heavy (non-hydrogen) atoms. The predicted molar refractivity (Wildman–Crippen MR) is 47.6 cm³/mol. The number of hydrogen-bond donors (Lipinski definition) is 0. The largest absolute Gasteiger partial charge is 0.192 e. The van der Waals surface area contributed by atoms with Crippen LogP contribution >= 0.6 is 11.6 Å². The third-order valence-corrected chi connectivity index (χ3v) is 1.65. The first-order valence-corrected chi connectivity index (χ1v) is 3.28. The molecule has 1 aromatic carbocycles. The summed E-state index contributed by atoms with van der Waals surface area (Å²) < 4.78 is 0. The molecule has 0 fully saturated rings. The number of rotatable bonds is 0. The van der Waals surface area contributed by atoms with E-state index in [2.05, 4.69) is 0 Å². The van der Waals surface area contributed by atoms with Crippen LogP contribution in [0.1, 0.15) is 18.6 Å². The van der Waals surface area contributed by atoms with E-state index in [-0.39, 0.29) is 7.43 Å². The van der Waals surface area contributed by atoms with E-state index < -0.39 is 0 Å². The maximum Gasteiger partial charge on any atom is 0.101 e. The monoisotopic (exact) mass is 167 g/mol. The Balaban J connectivity index is 0.000001000. The Morgan fingerprint density at radius 1 is 1.45 bits per heavy atom. The van der Waals surface area contributed by atoms with Gasteiger partial charge in [0.1, 0.15) is 6.07 Å². The lowest BCUT2D eigenvalue weighted by molar-refractivity contribution is 1.39. The highest BCUT2D eigenvalue weighted by Gasteiger charge is 1.99. The third kappa shape index (κ3) is 1.96. The molecule has 0 aromatic heterocycles. The molecule has 0 unspecified atom stereocenters. The Labute approximate surface area is 72.2 Å². The number of nitriles is 1. The molecule has 1 rings (SSSR count). The van der Waals surface area contributed by atoms with Crippen LogP contribution < -0.4 is 0 Å². The summed E-state index contributed by atoms with van der Waals surface area (Å²) in [6, 6.07) is 7.44. The van der Waals surface area contributed by atoms with Crippen molar-refractivity contribution in [1.29, 1.82) is 5.26 Å². The Kier molecular flexibility index (Phi) is 3.64. The minimum Gasteiger partial charge on any atom is -0.192 e. The summed E-state index contributed by atoms with van der Waals surface area (Å²) in [5.74, 6) is 0. The summed E-state index contributed by atoms with van der Waals surface area (Å²) in [6.45, 7) is 1.87. The van der Waals surface area contributed by atoms with Gasteiger partial charge in [-0.15, -0.1) is 0 Å². The van der Waals surface area contributed by atoms with E-state index in [4.69, 9.17) is 16.9 Å². The van der Waals surface area contributed by atoms with Gasteiger partial charge in [-0.05, 0) is 18.6 Å². The second-order valence-electron chi connectivity index (χ2n) is 2.04.